The molecule has 80 valence electrons. The summed E-state index contributed by atoms with van der Waals surface area (Å²) in [5.74, 6) is 0. The quantitative estimate of drug-likeness (QED) is 0.866. The summed E-state index contributed by atoms with van der Waals surface area (Å²) < 4.78 is 1.81. The normalized spacial score (nSPS) is 11.1. The molecule has 0 aliphatic heterocycles. The van der Waals surface area contributed by atoms with E-state index in [1.807, 2.05) is 24.7 Å². The van der Waals surface area contributed by atoms with Crippen molar-refractivity contribution in [2.45, 2.75) is 20.0 Å². The molecule has 0 saturated carbocycles. The van der Waals surface area contributed by atoms with E-state index < -0.39 is 0 Å². The molecule has 1 N–H and O–H groups in total. The molecule has 2 aromatic rings. The van der Waals surface area contributed by atoms with E-state index >= 15 is 0 Å². The number of fused-ring (bicyclic) bond motifs is 1. The minimum Gasteiger partial charge on any atom is -0.316 e. The molecule has 0 amide bonds. The Bertz CT molecular complexity index is 476. The average molecular weight is 224 g/mol. The van der Waals surface area contributed by atoms with E-state index in [-0.39, 0.29) is 0 Å². The van der Waals surface area contributed by atoms with Gasteiger partial charge in [-0.3, -0.25) is 4.68 Å². The van der Waals surface area contributed by atoms with Gasteiger partial charge in [0.2, 0.25) is 0 Å². The van der Waals surface area contributed by atoms with Crippen LogP contribution in [0.5, 0.6) is 0 Å². The maximum absolute atomic E-state index is 6.17. The van der Waals surface area contributed by atoms with Gasteiger partial charge in [0, 0.05) is 18.5 Å². The monoisotopic (exact) mass is 223 g/mol. The maximum atomic E-state index is 6.17. The van der Waals surface area contributed by atoms with Crippen molar-refractivity contribution in [2.24, 2.45) is 0 Å². The Morgan fingerprint density at radius 3 is 2.93 bits per heavy atom. The Morgan fingerprint density at radius 2 is 2.27 bits per heavy atom. The van der Waals surface area contributed by atoms with Gasteiger partial charge in [-0.2, -0.15) is 5.10 Å². The number of hydrogen-bond donors (Lipinski definition) is 1. The van der Waals surface area contributed by atoms with E-state index in [9.17, 15) is 0 Å². The van der Waals surface area contributed by atoms with Crippen LogP contribution in [0.2, 0.25) is 5.15 Å². The number of hydrogen-bond acceptors (Lipinski definition) is 2. The largest absolute Gasteiger partial charge is 0.316 e. The maximum Gasteiger partial charge on any atom is 0.134 e. The fourth-order valence-corrected chi connectivity index (χ4v) is 1.99. The van der Waals surface area contributed by atoms with Crippen LogP contribution < -0.4 is 5.32 Å². The molecule has 1 aromatic carbocycles. The summed E-state index contributed by atoms with van der Waals surface area (Å²) in [5, 5.41) is 9.30. The lowest BCUT2D eigenvalue weighted by Gasteiger charge is -1.98. The van der Waals surface area contributed by atoms with Crippen molar-refractivity contribution in [3.8, 4) is 0 Å². The smallest absolute Gasteiger partial charge is 0.134 e. The molecule has 0 spiro atoms. The SMILES string of the molecule is CCn1nc2cc(CNC)ccc2c1Cl. The minimum absolute atomic E-state index is 0.725. The highest BCUT2D eigenvalue weighted by Crippen LogP contribution is 2.23. The second-order valence-corrected chi connectivity index (χ2v) is 3.85. The second-order valence-electron chi connectivity index (χ2n) is 3.49. The van der Waals surface area contributed by atoms with Crippen LogP contribution in [-0.2, 0) is 13.1 Å². The third-order valence-electron chi connectivity index (χ3n) is 2.42. The molecule has 0 unspecified atom stereocenters. The molecule has 3 nitrogen and oxygen atoms in total. The van der Waals surface area contributed by atoms with Crippen molar-refractivity contribution in [3.63, 3.8) is 0 Å². The molecule has 0 fully saturated rings. The molecule has 0 bridgehead atoms. The predicted octanol–water partition coefficient (Wildman–Crippen LogP) is 2.43. The first-order chi connectivity index (χ1) is 7.26. The average Bonchev–Trinajstić information content (AvgIpc) is 2.56. The van der Waals surface area contributed by atoms with E-state index in [4.69, 9.17) is 11.6 Å². The first-order valence-electron chi connectivity index (χ1n) is 5.05. The van der Waals surface area contributed by atoms with Crippen molar-refractivity contribution in [1.82, 2.24) is 15.1 Å². The second kappa shape index (κ2) is 4.21. The molecule has 1 heterocycles. The Hall–Kier alpha value is -1.06. The highest BCUT2D eigenvalue weighted by Gasteiger charge is 2.07. The summed E-state index contributed by atoms with van der Waals surface area (Å²) in [6.07, 6.45) is 0. The van der Waals surface area contributed by atoms with Gasteiger partial charge in [-0.15, -0.1) is 0 Å². The highest BCUT2D eigenvalue weighted by atomic mass is 35.5. The molecule has 2 rings (SSSR count). The molecule has 15 heavy (non-hydrogen) atoms. The number of rotatable bonds is 3. The Kier molecular flexibility index (Phi) is 2.93. The van der Waals surface area contributed by atoms with Crippen LogP contribution in [-0.4, -0.2) is 16.8 Å². The van der Waals surface area contributed by atoms with Crippen molar-refractivity contribution < 1.29 is 0 Å². The lowest BCUT2D eigenvalue weighted by atomic mass is 10.2. The van der Waals surface area contributed by atoms with Gasteiger partial charge in [-0.05, 0) is 31.7 Å². The highest BCUT2D eigenvalue weighted by molar-refractivity contribution is 6.34. The van der Waals surface area contributed by atoms with Gasteiger partial charge in [0.1, 0.15) is 5.15 Å². The van der Waals surface area contributed by atoms with Crippen LogP contribution in [0.1, 0.15) is 12.5 Å². The van der Waals surface area contributed by atoms with Crippen LogP contribution in [0, 0.1) is 0 Å². The van der Waals surface area contributed by atoms with Gasteiger partial charge >= 0.3 is 0 Å². The van der Waals surface area contributed by atoms with Crippen LogP contribution in [0.15, 0.2) is 18.2 Å². The van der Waals surface area contributed by atoms with Crippen LogP contribution in [0.25, 0.3) is 10.9 Å². The molecule has 0 atom stereocenters. The summed E-state index contributed by atoms with van der Waals surface area (Å²) in [7, 11) is 1.93. The summed E-state index contributed by atoms with van der Waals surface area (Å²) in [6, 6.07) is 6.18. The van der Waals surface area contributed by atoms with Crippen LogP contribution in [0.4, 0.5) is 0 Å². The Balaban J connectivity index is 2.53. The molecular weight excluding hydrogens is 210 g/mol. The summed E-state index contributed by atoms with van der Waals surface area (Å²) >= 11 is 6.17. The van der Waals surface area contributed by atoms with Crippen molar-refractivity contribution in [1.29, 1.82) is 0 Å². The zero-order chi connectivity index (χ0) is 10.8. The van der Waals surface area contributed by atoms with Gasteiger partial charge in [-0.1, -0.05) is 17.7 Å². The summed E-state index contributed by atoms with van der Waals surface area (Å²) in [6.45, 7) is 3.69. The minimum atomic E-state index is 0.725. The predicted molar refractivity (Wildman–Crippen MR) is 63.2 cm³/mol. The molecule has 0 aliphatic carbocycles. The number of halogens is 1. The lowest BCUT2D eigenvalue weighted by molar-refractivity contribution is 0.668. The van der Waals surface area contributed by atoms with Crippen molar-refractivity contribution in [3.05, 3.63) is 28.9 Å². The fraction of sp³-hybridized carbons (Fsp3) is 0.364. The number of benzene rings is 1. The van der Waals surface area contributed by atoms with Gasteiger partial charge < -0.3 is 5.32 Å². The van der Waals surface area contributed by atoms with Crippen molar-refractivity contribution >= 4 is 22.5 Å². The molecular formula is C11H14ClN3. The fourth-order valence-electron chi connectivity index (χ4n) is 1.67. The van der Waals surface area contributed by atoms with E-state index in [0.717, 1.165) is 29.1 Å². The first-order valence-corrected chi connectivity index (χ1v) is 5.43. The zero-order valence-corrected chi connectivity index (χ0v) is 9.67. The standard InChI is InChI=1S/C11H14ClN3/c1-3-15-11(12)9-5-4-8(7-13-2)6-10(9)14-15/h4-6,13H,3,7H2,1-2H3. The van der Waals surface area contributed by atoms with E-state index in [1.165, 1.54) is 5.56 Å². The number of nitrogens with zero attached hydrogens (tertiary/aromatic N) is 2. The van der Waals surface area contributed by atoms with E-state index in [2.05, 4.69) is 22.5 Å². The zero-order valence-electron chi connectivity index (χ0n) is 8.92. The number of aryl methyl sites for hydroxylation is 1. The molecule has 0 aliphatic rings. The molecule has 0 radical (unpaired) electrons. The third kappa shape index (κ3) is 1.85. The van der Waals surface area contributed by atoms with E-state index in [1.54, 1.807) is 0 Å². The van der Waals surface area contributed by atoms with Gasteiger partial charge in [0.15, 0.2) is 0 Å². The molecule has 0 saturated heterocycles. The molecule has 4 heteroatoms. The van der Waals surface area contributed by atoms with Crippen LogP contribution >= 0.6 is 11.6 Å². The molecule has 1 aromatic heterocycles. The summed E-state index contributed by atoms with van der Waals surface area (Å²) in [4.78, 5) is 0. The number of aromatic nitrogens is 2. The summed E-state index contributed by atoms with van der Waals surface area (Å²) in [5.41, 5.74) is 2.19. The topological polar surface area (TPSA) is 29.9 Å². The Labute approximate surface area is 94.0 Å². The Morgan fingerprint density at radius 1 is 1.47 bits per heavy atom. The van der Waals surface area contributed by atoms with Crippen LogP contribution in [0.3, 0.4) is 0 Å². The lowest BCUT2D eigenvalue weighted by Crippen LogP contribution is -2.04. The first kappa shape index (κ1) is 10.5. The number of nitrogens with one attached hydrogen (secondary N) is 1. The van der Waals surface area contributed by atoms with Gasteiger partial charge in [0.25, 0.3) is 0 Å². The van der Waals surface area contributed by atoms with E-state index in [0.29, 0.717) is 0 Å². The van der Waals surface area contributed by atoms with Crippen molar-refractivity contribution in [2.75, 3.05) is 7.05 Å². The van der Waals surface area contributed by atoms with Gasteiger partial charge in [-0.25, -0.2) is 0 Å². The van der Waals surface area contributed by atoms with Gasteiger partial charge in [0.05, 0.1) is 5.52 Å². The third-order valence-corrected chi connectivity index (χ3v) is 2.82.